The van der Waals surface area contributed by atoms with E-state index in [0.717, 1.165) is 49.1 Å². The number of nitrogens with zero attached hydrogens (tertiary/aromatic N) is 3. The Kier molecular flexibility index (Phi) is 5.41. The van der Waals surface area contributed by atoms with Gasteiger partial charge in [-0.25, -0.2) is 9.97 Å². The van der Waals surface area contributed by atoms with Gasteiger partial charge in [0.2, 0.25) is 5.91 Å². The highest BCUT2D eigenvalue weighted by atomic mass is 16.5. The minimum absolute atomic E-state index is 0.00125. The molecular formula is C21H28N4O2. The van der Waals surface area contributed by atoms with Gasteiger partial charge in [0.15, 0.2) is 5.82 Å². The number of ether oxygens (including phenoxy) is 1. The van der Waals surface area contributed by atoms with Gasteiger partial charge in [0.25, 0.3) is 5.88 Å². The number of anilines is 1. The van der Waals surface area contributed by atoms with Gasteiger partial charge in [-0.2, -0.15) is 0 Å². The maximum atomic E-state index is 12.8. The number of para-hydroxylation sites is 2. The predicted octanol–water partition coefficient (Wildman–Crippen LogP) is 3.30. The molecule has 1 aliphatic carbocycles. The minimum Gasteiger partial charge on any atom is -0.478 e. The molecule has 2 heterocycles. The van der Waals surface area contributed by atoms with Gasteiger partial charge in [-0.15, -0.1) is 0 Å². The van der Waals surface area contributed by atoms with Crippen molar-refractivity contribution in [3.05, 3.63) is 24.3 Å². The monoisotopic (exact) mass is 368 g/mol. The summed E-state index contributed by atoms with van der Waals surface area (Å²) in [6.07, 6.45) is 7.89. The first-order chi connectivity index (χ1) is 13.2. The standard InChI is InChI=1S/C21H28N4O2/c1-27-21-19(23-17-11-5-6-12-18(17)24-21)25-13-7-8-15(14-25)20(26)22-16-9-3-2-4-10-16/h5-6,11-12,15-16H,2-4,7-10,13-14H2,1H3,(H,22,26)/t15-/m1/s1. The van der Waals surface area contributed by atoms with E-state index in [1.54, 1.807) is 7.11 Å². The lowest BCUT2D eigenvalue weighted by atomic mass is 9.93. The van der Waals surface area contributed by atoms with Gasteiger partial charge < -0.3 is 15.0 Å². The zero-order valence-electron chi connectivity index (χ0n) is 16.0. The molecule has 0 spiro atoms. The lowest BCUT2D eigenvalue weighted by molar-refractivity contribution is -0.126. The van der Waals surface area contributed by atoms with Crippen LogP contribution in [0, 0.1) is 5.92 Å². The van der Waals surface area contributed by atoms with E-state index in [0.29, 0.717) is 18.5 Å². The number of fused-ring (bicyclic) bond motifs is 1. The summed E-state index contributed by atoms with van der Waals surface area (Å²) < 4.78 is 5.51. The van der Waals surface area contributed by atoms with E-state index in [1.165, 1.54) is 19.3 Å². The lowest BCUT2D eigenvalue weighted by Gasteiger charge is -2.34. The van der Waals surface area contributed by atoms with Gasteiger partial charge in [-0.3, -0.25) is 4.79 Å². The Morgan fingerprint density at radius 3 is 2.56 bits per heavy atom. The zero-order chi connectivity index (χ0) is 18.6. The van der Waals surface area contributed by atoms with Crippen molar-refractivity contribution in [2.75, 3.05) is 25.1 Å². The molecular weight excluding hydrogens is 340 g/mol. The maximum Gasteiger partial charge on any atom is 0.257 e. The van der Waals surface area contributed by atoms with E-state index >= 15 is 0 Å². The first kappa shape index (κ1) is 18.0. The lowest BCUT2D eigenvalue weighted by Crippen LogP contribution is -2.46. The molecule has 27 heavy (non-hydrogen) atoms. The van der Waals surface area contributed by atoms with Crippen molar-refractivity contribution in [2.24, 2.45) is 5.92 Å². The molecule has 1 saturated carbocycles. The molecule has 1 saturated heterocycles. The van der Waals surface area contributed by atoms with Crippen molar-refractivity contribution in [1.82, 2.24) is 15.3 Å². The molecule has 2 fully saturated rings. The summed E-state index contributed by atoms with van der Waals surface area (Å²) in [5, 5.41) is 3.29. The van der Waals surface area contributed by atoms with Crippen LogP contribution in [-0.4, -0.2) is 42.1 Å². The number of piperidine rings is 1. The van der Waals surface area contributed by atoms with Crippen molar-refractivity contribution in [1.29, 1.82) is 0 Å². The normalized spacial score (nSPS) is 21.2. The summed E-state index contributed by atoms with van der Waals surface area (Å²) in [5.41, 5.74) is 1.67. The van der Waals surface area contributed by atoms with Crippen molar-refractivity contribution in [2.45, 2.75) is 51.0 Å². The summed E-state index contributed by atoms with van der Waals surface area (Å²) in [4.78, 5) is 24.4. The molecule has 1 aliphatic heterocycles. The summed E-state index contributed by atoms with van der Waals surface area (Å²) in [6.45, 7) is 1.54. The van der Waals surface area contributed by atoms with Gasteiger partial charge in [0.05, 0.1) is 24.1 Å². The molecule has 1 atom stereocenters. The molecule has 2 aromatic rings. The largest absolute Gasteiger partial charge is 0.478 e. The van der Waals surface area contributed by atoms with E-state index in [1.807, 2.05) is 24.3 Å². The molecule has 144 valence electrons. The van der Waals surface area contributed by atoms with Crippen LogP contribution >= 0.6 is 0 Å². The second-order valence-electron chi connectivity index (χ2n) is 7.67. The molecule has 1 amide bonds. The molecule has 0 radical (unpaired) electrons. The summed E-state index contributed by atoms with van der Waals surface area (Å²) >= 11 is 0. The highest BCUT2D eigenvalue weighted by molar-refractivity contribution is 5.81. The van der Waals surface area contributed by atoms with Crippen LogP contribution in [0.1, 0.15) is 44.9 Å². The summed E-state index contributed by atoms with van der Waals surface area (Å²) in [5.74, 6) is 1.46. The molecule has 1 aromatic carbocycles. The Hall–Kier alpha value is -2.37. The van der Waals surface area contributed by atoms with Gasteiger partial charge >= 0.3 is 0 Å². The Bertz CT molecular complexity index is 804. The predicted molar refractivity (Wildman–Crippen MR) is 106 cm³/mol. The number of rotatable bonds is 4. The fourth-order valence-corrected chi connectivity index (χ4v) is 4.27. The van der Waals surface area contributed by atoms with Crippen LogP contribution in [0.15, 0.2) is 24.3 Å². The van der Waals surface area contributed by atoms with Crippen LogP contribution in [0.5, 0.6) is 5.88 Å². The maximum absolute atomic E-state index is 12.8. The number of hydrogen-bond donors (Lipinski definition) is 1. The highest BCUT2D eigenvalue weighted by Crippen LogP contribution is 2.30. The van der Waals surface area contributed by atoms with E-state index < -0.39 is 0 Å². The molecule has 6 heteroatoms. The Morgan fingerprint density at radius 2 is 1.81 bits per heavy atom. The Labute approximate surface area is 160 Å². The first-order valence-corrected chi connectivity index (χ1v) is 10.1. The minimum atomic E-state index is -0.00125. The number of methoxy groups -OCH3 is 1. The molecule has 2 aliphatic rings. The molecule has 0 unspecified atom stereocenters. The van der Waals surface area contributed by atoms with E-state index in [4.69, 9.17) is 9.72 Å². The van der Waals surface area contributed by atoms with Gasteiger partial charge in [0, 0.05) is 19.1 Å². The SMILES string of the molecule is COc1nc2ccccc2nc1N1CCC[C@@H](C(=O)NC2CCCCC2)C1. The molecule has 0 bridgehead atoms. The van der Waals surface area contributed by atoms with Gasteiger partial charge in [0.1, 0.15) is 0 Å². The number of hydrogen-bond acceptors (Lipinski definition) is 5. The smallest absolute Gasteiger partial charge is 0.257 e. The average Bonchev–Trinajstić information content (AvgIpc) is 2.73. The topological polar surface area (TPSA) is 67.4 Å². The third-order valence-electron chi connectivity index (χ3n) is 5.76. The van der Waals surface area contributed by atoms with Crippen LogP contribution in [0.4, 0.5) is 5.82 Å². The fraction of sp³-hybridized carbons (Fsp3) is 0.571. The average molecular weight is 368 g/mol. The van der Waals surface area contributed by atoms with Crippen LogP contribution in [0.2, 0.25) is 0 Å². The van der Waals surface area contributed by atoms with E-state index in [-0.39, 0.29) is 11.8 Å². The zero-order valence-corrected chi connectivity index (χ0v) is 16.0. The van der Waals surface area contributed by atoms with Crippen LogP contribution in [0.25, 0.3) is 11.0 Å². The highest BCUT2D eigenvalue weighted by Gasteiger charge is 2.30. The van der Waals surface area contributed by atoms with Gasteiger partial charge in [-0.05, 0) is 37.8 Å². The van der Waals surface area contributed by atoms with Crippen LogP contribution in [0.3, 0.4) is 0 Å². The molecule has 4 rings (SSSR count). The quantitative estimate of drug-likeness (QED) is 0.897. The summed E-state index contributed by atoms with van der Waals surface area (Å²) in [6, 6.07) is 8.16. The van der Waals surface area contributed by atoms with Crippen molar-refractivity contribution < 1.29 is 9.53 Å². The fourth-order valence-electron chi connectivity index (χ4n) is 4.27. The molecule has 1 N–H and O–H groups in total. The van der Waals surface area contributed by atoms with Crippen molar-refractivity contribution >= 4 is 22.8 Å². The number of nitrogens with one attached hydrogen (secondary N) is 1. The second-order valence-corrected chi connectivity index (χ2v) is 7.67. The number of carbonyl (C=O) groups excluding carboxylic acids is 1. The van der Waals surface area contributed by atoms with Gasteiger partial charge in [-0.1, -0.05) is 31.4 Å². The van der Waals surface area contributed by atoms with E-state index in [9.17, 15) is 4.79 Å². The number of benzene rings is 1. The Balaban J connectivity index is 1.50. The van der Waals surface area contributed by atoms with Crippen LogP contribution in [-0.2, 0) is 4.79 Å². The summed E-state index contributed by atoms with van der Waals surface area (Å²) in [7, 11) is 1.62. The molecule has 1 aromatic heterocycles. The second kappa shape index (κ2) is 8.11. The van der Waals surface area contributed by atoms with Crippen LogP contribution < -0.4 is 15.0 Å². The third kappa shape index (κ3) is 3.99. The molecule has 6 nitrogen and oxygen atoms in total. The third-order valence-corrected chi connectivity index (χ3v) is 5.76. The van der Waals surface area contributed by atoms with Crippen molar-refractivity contribution in [3.63, 3.8) is 0 Å². The van der Waals surface area contributed by atoms with Crippen molar-refractivity contribution in [3.8, 4) is 5.88 Å². The number of aromatic nitrogens is 2. The van der Waals surface area contributed by atoms with E-state index in [2.05, 4.69) is 15.2 Å². The number of carbonyl (C=O) groups is 1. The number of amides is 1. The first-order valence-electron chi connectivity index (χ1n) is 10.1. The Morgan fingerprint density at radius 1 is 1.07 bits per heavy atom.